The van der Waals surface area contributed by atoms with Crippen LogP contribution in [0.3, 0.4) is 0 Å². The summed E-state index contributed by atoms with van der Waals surface area (Å²) in [5, 5.41) is 3.70. The highest BCUT2D eigenvalue weighted by Gasteiger charge is 2.18. The van der Waals surface area contributed by atoms with Crippen LogP contribution >= 0.6 is 11.8 Å². The summed E-state index contributed by atoms with van der Waals surface area (Å²) in [4.78, 5) is 1.46. The molecular weight excluding hydrogens is 242 g/mol. The number of thioether (sulfide) groups is 1. The van der Waals surface area contributed by atoms with Crippen LogP contribution in [0.5, 0.6) is 0 Å². The molecule has 0 fully saturated rings. The van der Waals surface area contributed by atoms with Crippen molar-refractivity contribution in [2.45, 2.75) is 36.6 Å². The highest BCUT2D eigenvalue weighted by Crippen LogP contribution is 2.35. The van der Waals surface area contributed by atoms with Crippen LogP contribution in [-0.2, 0) is 4.74 Å². The molecule has 0 saturated heterocycles. The van der Waals surface area contributed by atoms with Gasteiger partial charge in [-0.25, -0.2) is 0 Å². The fourth-order valence-electron chi connectivity index (χ4n) is 2.38. The maximum absolute atomic E-state index is 5.06. The van der Waals surface area contributed by atoms with Gasteiger partial charge in [0.2, 0.25) is 0 Å². The van der Waals surface area contributed by atoms with E-state index in [-0.39, 0.29) is 0 Å². The molecule has 0 saturated carbocycles. The van der Waals surface area contributed by atoms with E-state index in [4.69, 9.17) is 4.74 Å². The molecule has 1 N–H and O–H groups in total. The Balaban J connectivity index is 1.74. The van der Waals surface area contributed by atoms with Gasteiger partial charge in [-0.15, -0.1) is 11.8 Å². The smallest absolute Gasteiger partial charge is 0.0462 e. The van der Waals surface area contributed by atoms with Gasteiger partial charge in [-0.2, -0.15) is 0 Å². The van der Waals surface area contributed by atoms with Gasteiger partial charge in [0.25, 0.3) is 0 Å². The van der Waals surface area contributed by atoms with E-state index in [2.05, 4.69) is 29.6 Å². The quantitative estimate of drug-likeness (QED) is 0.761. The van der Waals surface area contributed by atoms with Crippen molar-refractivity contribution >= 4 is 11.8 Å². The average molecular weight is 265 g/mol. The van der Waals surface area contributed by atoms with Crippen molar-refractivity contribution in [3.63, 3.8) is 0 Å². The molecular formula is C15H23NOS. The van der Waals surface area contributed by atoms with Crippen LogP contribution in [-0.4, -0.2) is 26.0 Å². The number of rotatable bonds is 7. The van der Waals surface area contributed by atoms with Crippen molar-refractivity contribution in [1.82, 2.24) is 5.32 Å². The number of nitrogens with one attached hydrogen (secondary N) is 1. The molecule has 1 unspecified atom stereocenters. The van der Waals surface area contributed by atoms with E-state index in [1.807, 2.05) is 11.8 Å². The zero-order chi connectivity index (χ0) is 12.6. The van der Waals surface area contributed by atoms with Crippen molar-refractivity contribution in [2.24, 2.45) is 0 Å². The molecule has 0 bridgehead atoms. The maximum Gasteiger partial charge on any atom is 0.0462 e. The molecule has 2 nitrogen and oxygen atoms in total. The number of unbranched alkanes of at least 4 members (excludes halogenated alkanes) is 2. The Bertz CT molecular complexity index is 356. The lowest BCUT2D eigenvalue weighted by atomic mass is 10.0. The number of ether oxygens (including phenoxy) is 1. The zero-order valence-electron chi connectivity index (χ0n) is 11.2. The molecule has 3 heteroatoms. The Morgan fingerprint density at radius 1 is 1.28 bits per heavy atom. The van der Waals surface area contributed by atoms with Crippen LogP contribution in [0.1, 0.15) is 37.3 Å². The van der Waals surface area contributed by atoms with Gasteiger partial charge < -0.3 is 10.1 Å². The first-order chi connectivity index (χ1) is 8.92. The van der Waals surface area contributed by atoms with Crippen molar-refractivity contribution < 1.29 is 4.74 Å². The number of hydrogen-bond acceptors (Lipinski definition) is 3. The van der Waals surface area contributed by atoms with Gasteiger partial charge in [0, 0.05) is 24.7 Å². The summed E-state index contributed by atoms with van der Waals surface area (Å²) in [5.74, 6) is 1.23. The molecule has 100 valence electrons. The van der Waals surface area contributed by atoms with E-state index in [1.54, 1.807) is 7.11 Å². The Kier molecular flexibility index (Phi) is 6.05. The van der Waals surface area contributed by atoms with E-state index in [0.29, 0.717) is 6.04 Å². The van der Waals surface area contributed by atoms with Gasteiger partial charge in [0.05, 0.1) is 0 Å². The Labute approximate surface area is 114 Å². The van der Waals surface area contributed by atoms with Crippen LogP contribution in [0.25, 0.3) is 0 Å². The molecule has 1 aromatic carbocycles. The molecule has 0 spiro atoms. The minimum atomic E-state index is 0.560. The fraction of sp³-hybridized carbons (Fsp3) is 0.600. The summed E-state index contributed by atoms with van der Waals surface area (Å²) in [6, 6.07) is 9.36. The van der Waals surface area contributed by atoms with Crippen molar-refractivity contribution in [2.75, 3.05) is 26.0 Å². The highest BCUT2D eigenvalue weighted by atomic mass is 32.2. The van der Waals surface area contributed by atoms with Crippen molar-refractivity contribution in [3.8, 4) is 0 Å². The van der Waals surface area contributed by atoms with E-state index in [1.165, 1.54) is 41.9 Å². The molecule has 1 aliphatic heterocycles. The monoisotopic (exact) mass is 265 g/mol. The standard InChI is InChI=1S/C15H23NOS/c1-17-11-6-2-5-10-16-14-9-12-18-15-8-4-3-7-13(14)15/h3-4,7-8,14,16H,2,5-6,9-12H2,1H3. The van der Waals surface area contributed by atoms with Crippen LogP contribution in [0.15, 0.2) is 29.2 Å². The van der Waals surface area contributed by atoms with Crippen LogP contribution in [0.2, 0.25) is 0 Å². The van der Waals surface area contributed by atoms with Crippen molar-refractivity contribution in [1.29, 1.82) is 0 Å². The Hall–Kier alpha value is -0.510. The minimum absolute atomic E-state index is 0.560. The predicted molar refractivity (Wildman–Crippen MR) is 78.3 cm³/mol. The van der Waals surface area contributed by atoms with E-state index in [9.17, 15) is 0 Å². The highest BCUT2D eigenvalue weighted by molar-refractivity contribution is 7.99. The van der Waals surface area contributed by atoms with Gasteiger partial charge in [-0.1, -0.05) is 18.2 Å². The lowest BCUT2D eigenvalue weighted by Gasteiger charge is -2.26. The lowest BCUT2D eigenvalue weighted by molar-refractivity contribution is 0.192. The van der Waals surface area contributed by atoms with Crippen LogP contribution < -0.4 is 5.32 Å². The summed E-state index contributed by atoms with van der Waals surface area (Å²) in [6.45, 7) is 2.01. The van der Waals surface area contributed by atoms with E-state index in [0.717, 1.165) is 13.2 Å². The zero-order valence-corrected chi connectivity index (χ0v) is 12.0. The molecule has 1 heterocycles. The predicted octanol–water partition coefficient (Wildman–Crippen LogP) is 3.63. The Morgan fingerprint density at radius 3 is 3.06 bits per heavy atom. The summed E-state index contributed by atoms with van der Waals surface area (Å²) in [7, 11) is 1.77. The number of fused-ring (bicyclic) bond motifs is 1. The second-order valence-electron chi connectivity index (χ2n) is 4.74. The Morgan fingerprint density at radius 2 is 2.17 bits per heavy atom. The topological polar surface area (TPSA) is 21.3 Å². The molecule has 0 aromatic heterocycles. The first kappa shape index (κ1) is 13.9. The number of methoxy groups -OCH3 is 1. The normalized spacial score (nSPS) is 18.6. The fourth-order valence-corrected chi connectivity index (χ4v) is 3.50. The lowest BCUT2D eigenvalue weighted by Crippen LogP contribution is -2.25. The van der Waals surface area contributed by atoms with Crippen LogP contribution in [0.4, 0.5) is 0 Å². The third kappa shape index (κ3) is 4.01. The summed E-state index contributed by atoms with van der Waals surface area (Å²) in [6.07, 6.45) is 4.92. The van der Waals surface area contributed by atoms with Gasteiger partial charge in [0.15, 0.2) is 0 Å². The molecule has 0 aliphatic carbocycles. The number of hydrogen-bond donors (Lipinski definition) is 1. The summed E-state index contributed by atoms with van der Waals surface area (Å²) < 4.78 is 5.06. The second kappa shape index (κ2) is 7.82. The number of benzene rings is 1. The van der Waals surface area contributed by atoms with Gasteiger partial charge in [0.1, 0.15) is 0 Å². The van der Waals surface area contributed by atoms with Gasteiger partial charge >= 0.3 is 0 Å². The third-order valence-electron chi connectivity index (χ3n) is 3.37. The van der Waals surface area contributed by atoms with Crippen LogP contribution in [0, 0.1) is 0 Å². The third-order valence-corrected chi connectivity index (χ3v) is 4.50. The molecule has 1 aromatic rings. The van der Waals surface area contributed by atoms with Crippen molar-refractivity contribution in [3.05, 3.63) is 29.8 Å². The minimum Gasteiger partial charge on any atom is -0.385 e. The molecule has 18 heavy (non-hydrogen) atoms. The second-order valence-corrected chi connectivity index (χ2v) is 5.87. The molecule has 0 radical (unpaired) electrons. The maximum atomic E-state index is 5.06. The van der Waals surface area contributed by atoms with E-state index >= 15 is 0 Å². The largest absolute Gasteiger partial charge is 0.385 e. The molecule has 0 amide bonds. The average Bonchev–Trinajstić information content (AvgIpc) is 2.43. The van der Waals surface area contributed by atoms with E-state index < -0.39 is 0 Å². The SMILES string of the molecule is COCCCCCNC1CCSc2ccccc21. The first-order valence-electron chi connectivity index (χ1n) is 6.86. The molecule has 1 atom stereocenters. The summed E-state index contributed by atoms with van der Waals surface area (Å²) >= 11 is 1.99. The van der Waals surface area contributed by atoms with Gasteiger partial charge in [-0.3, -0.25) is 0 Å². The first-order valence-corrected chi connectivity index (χ1v) is 7.84. The molecule has 1 aliphatic rings. The molecule has 2 rings (SSSR count). The van der Waals surface area contributed by atoms with Gasteiger partial charge in [-0.05, 0) is 49.6 Å². The summed E-state index contributed by atoms with van der Waals surface area (Å²) in [5.41, 5.74) is 1.49.